The molecule has 0 N–H and O–H groups in total. The third-order valence-electron chi connectivity index (χ3n) is 6.07. The topological polar surface area (TPSA) is 52.6 Å². The molecule has 0 amide bonds. The molecule has 0 spiro atoms. The van der Waals surface area contributed by atoms with E-state index in [0.717, 1.165) is 16.7 Å². The zero-order chi connectivity index (χ0) is 21.8. The fraction of sp³-hybridized carbons (Fsp3) is 0.259. The van der Waals surface area contributed by atoms with E-state index in [-0.39, 0.29) is 5.78 Å². The Balaban J connectivity index is 1.78. The molecule has 5 rings (SSSR count). The fourth-order valence-electron chi connectivity index (χ4n) is 4.84. The summed E-state index contributed by atoms with van der Waals surface area (Å²) in [7, 11) is 0. The van der Waals surface area contributed by atoms with E-state index in [1.807, 2.05) is 87.5 Å². The summed E-state index contributed by atoms with van der Waals surface area (Å²) in [4.78, 5) is 27.9. The number of hydrogen-bond donors (Lipinski definition) is 0. The van der Waals surface area contributed by atoms with E-state index in [1.165, 1.54) is 0 Å². The molecule has 3 aromatic rings. The number of rotatable bonds is 2. The molecule has 1 unspecified atom stereocenters. The van der Waals surface area contributed by atoms with Gasteiger partial charge in [-0.05, 0) is 44.9 Å². The van der Waals surface area contributed by atoms with E-state index in [2.05, 4.69) is 0 Å². The number of benzene rings is 3. The Morgan fingerprint density at radius 1 is 0.903 bits per heavy atom. The van der Waals surface area contributed by atoms with Gasteiger partial charge < -0.3 is 9.47 Å². The van der Waals surface area contributed by atoms with Crippen LogP contribution < -0.4 is 4.74 Å². The quantitative estimate of drug-likeness (QED) is 0.401. The van der Waals surface area contributed by atoms with Crippen LogP contribution in [0, 0.1) is 5.41 Å². The van der Waals surface area contributed by atoms with Gasteiger partial charge in [0.1, 0.15) is 22.5 Å². The van der Waals surface area contributed by atoms with Crippen LogP contribution in [0.3, 0.4) is 0 Å². The lowest BCUT2D eigenvalue weighted by atomic mass is 9.65. The van der Waals surface area contributed by atoms with Gasteiger partial charge in [0, 0.05) is 22.6 Å². The Morgan fingerprint density at radius 2 is 1.45 bits per heavy atom. The van der Waals surface area contributed by atoms with Crippen molar-refractivity contribution >= 4 is 11.8 Å². The van der Waals surface area contributed by atoms with E-state index < -0.39 is 22.9 Å². The molecule has 0 fully saturated rings. The fourth-order valence-corrected chi connectivity index (χ4v) is 4.84. The van der Waals surface area contributed by atoms with Crippen molar-refractivity contribution < 1.29 is 19.1 Å². The molecule has 4 nitrogen and oxygen atoms in total. The maximum atomic E-state index is 14.0. The molecule has 0 saturated carbocycles. The summed E-state index contributed by atoms with van der Waals surface area (Å²) < 4.78 is 12.1. The Bertz CT molecular complexity index is 1160. The van der Waals surface area contributed by atoms with Gasteiger partial charge in [0.25, 0.3) is 0 Å². The van der Waals surface area contributed by atoms with Crippen molar-refractivity contribution in [3.8, 4) is 11.5 Å². The summed E-state index contributed by atoms with van der Waals surface area (Å²) >= 11 is 0. The lowest BCUT2D eigenvalue weighted by Crippen LogP contribution is -2.47. The number of Topliss-reactive ketones (excluding diaryl/α,β-unsaturated/α-hetero) is 1. The number of carbonyl (C=O) groups is 2. The van der Waals surface area contributed by atoms with E-state index in [9.17, 15) is 9.59 Å². The predicted molar refractivity (Wildman–Crippen MR) is 118 cm³/mol. The molecular weight excluding hydrogens is 388 g/mol. The molecule has 3 aromatic carbocycles. The summed E-state index contributed by atoms with van der Waals surface area (Å²) in [6, 6.07) is 22.8. The van der Waals surface area contributed by atoms with Crippen molar-refractivity contribution in [3.63, 3.8) is 0 Å². The molecule has 1 heterocycles. The molecule has 1 aliphatic carbocycles. The predicted octanol–water partition coefficient (Wildman–Crippen LogP) is 5.69. The highest BCUT2D eigenvalue weighted by molar-refractivity contribution is 6.17. The minimum atomic E-state index is -1.40. The third kappa shape index (κ3) is 2.97. The van der Waals surface area contributed by atoms with Crippen molar-refractivity contribution in [1.29, 1.82) is 0 Å². The Labute approximate surface area is 181 Å². The maximum Gasteiger partial charge on any atom is 0.321 e. The van der Waals surface area contributed by atoms with Crippen LogP contribution in [0.25, 0.3) is 0 Å². The molecule has 0 aromatic heterocycles. The first-order valence-electron chi connectivity index (χ1n) is 10.5. The molecule has 156 valence electrons. The Hall–Kier alpha value is -3.40. The zero-order valence-corrected chi connectivity index (χ0v) is 17.8. The number of esters is 1. The van der Waals surface area contributed by atoms with Gasteiger partial charge in [-0.25, -0.2) is 0 Å². The van der Waals surface area contributed by atoms with Crippen molar-refractivity contribution in [2.45, 2.75) is 38.7 Å². The highest BCUT2D eigenvalue weighted by atomic mass is 16.6. The summed E-state index contributed by atoms with van der Waals surface area (Å²) in [6.45, 7) is 5.49. The highest BCUT2D eigenvalue weighted by Gasteiger charge is 2.60. The molecule has 4 heteroatoms. The van der Waals surface area contributed by atoms with Crippen LogP contribution in [0.5, 0.6) is 11.5 Å². The van der Waals surface area contributed by atoms with Gasteiger partial charge in [-0.2, -0.15) is 0 Å². The van der Waals surface area contributed by atoms with Crippen LogP contribution in [-0.2, 0) is 16.0 Å². The van der Waals surface area contributed by atoms with Gasteiger partial charge in [0.15, 0.2) is 5.78 Å². The SMILES string of the molecule is CC(C)(C)OC(=O)C1(C2c3ccccc3Oc3ccccc32)Cc2ccccc2C1=O. The second kappa shape index (κ2) is 6.81. The minimum Gasteiger partial charge on any atom is -0.459 e. The highest BCUT2D eigenvalue weighted by Crippen LogP contribution is 2.57. The van der Waals surface area contributed by atoms with Crippen LogP contribution >= 0.6 is 0 Å². The average Bonchev–Trinajstić information content (AvgIpc) is 3.04. The zero-order valence-electron chi connectivity index (χ0n) is 17.8. The standard InChI is InChI=1S/C27H24O4/c1-26(2,3)31-25(29)27(16-17-10-4-5-11-18(17)24(27)28)23-19-12-6-8-14-21(19)30-22-15-9-7-13-20(22)23/h4-15,23H,16H2,1-3H3. The molecule has 1 atom stereocenters. The summed E-state index contributed by atoms with van der Waals surface area (Å²) in [6.07, 6.45) is 0.296. The molecule has 0 radical (unpaired) electrons. The first-order valence-corrected chi connectivity index (χ1v) is 10.5. The number of para-hydroxylation sites is 2. The molecule has 1 aliphatic heterocycles. The minimum absolute atomic E-state index is 0.186. The Morgan fingerprint density at radius 3 is 2.03 bits per heavy atom. The van der Waals surface area contributed by atoms with Gasteiger partial charge >= 0.3 is 5.97 Å². The first-order chi connectivity index (χ1) is 14.8. The van der Waals surface area contributed by atoms with Crippen LogP contribution in [0.4, 0.5) is 0 Å². The third-order valence-corrected chi connectivity index (χ3v) is 6.07. The number of ether oxygens (including phenoxy) is 2. The van der Waals surface area contributed by atoms with Crippen LogP contribution in [0.15, 0.2) is 72.8 Å². The second-order valence-corrected chi connectivity index (χ2v) is 9.25. The lowest BCUT2D eigenvalue weighted by Gasteiger charge is -2.39. The van der Waals surface area contributed by atoms with Crippen LogP contribution in [0.1, 0.15) is 53.7 Å². The normalized spacial score (nSPS) is 19.8. The monoisotopic (exact) mass is 412 g/mol. The largest absolute Gasteiger partial charge is 0.459 e. The van der Waals surface area contributed by atoms with Crippen molar-refractivity contribution in [1.82, 2.24) is 0 Å². The van der Waals surface area contributed by atoms with E-state index >= 15 is 0 Å². The van der Waals surface area contributed by atoms with E-state index in [0.29, 0.717) is 23.5 Å². The number of fused-ring (bicyclic) bond motifs is 3. The summed E-state index contributed by atoms with van der Waals surface area (Å²) in [5.74, 6) is 0.144. The van der Waals surface area contributed by atoms with Gasteiger partial charge in [0.2, 0.25) is 0 Å². The Kier molecular flexibility index (Phi) is 4.30. The molecule has 31 heavy (non-hydrogen) atoms. The van der Waals surface area contributed by atoms with Gasteiger partial charge in [-0.1, -0.05) is 60.7 Å². The number of carbonyl (C=O) groups excluding carboxylic acids is 2. The number of ketones is 1. The average molecular weight is 412 g/mol. The van der Waals surface area contributed by atoms with Crippen molar-refractivity contribution in [2.75, 3.05) is 0 Å². The molecular formula is C27H24O4. The second-order valence-electron chi connectivity index (χ2n) is 9.25. The molecule has 2 aliphatic rings. The van der Waals surface area contributed by atoms with Gasteiger partial charge in [-0.3, -0.25) is 9.59 Å². The van der Waals surface area contributed by atoms with E-state index in [1.54, 1.807) is 6.07 Å². The summed E-state index contributed by atoms with van der Waals surface area (Å²) in [5.41, 5.74) is 1.01. The van der Waals surface area contributed by atoms with Crippen LogP contribution in [0.2, 0.25) is 0 Å². The number of hydrogen-bond acceptors (Lipinski definition) is 4. The van der Waals surface area contributed by atoms with Crippen molar-refractivity contribution in [2.24, 2.45) is 5.41 Å². The van der Waals surface area contributed by atoms with E-state index in [4.69, 9.17) is 9.47 Å². The molecule has 0 bridgehead atoms. The van der Waals surface area contributed by atoms with Gasteiger partial charge in [0.05, 0.1) is 0 Å². The summed E-state index contributed by atoms with van der Waals surface area (Å²) in [5, 5.41) is 0. The maximum absolute atomic E-state index is 14.0. The van der Waals surface area contributed by atoms with Crippen LogP contribution in [-0.4, -0.2) is 17.4 Å². The van der Waals surface area contributed by atoms with Gasteiger partial charge in [-0.15, -0.1) is 0 Å². The molecule has 0 saturated heterocycles. The van der Waals surface area contributed by atoms with Crippen molar-refractivity contribution in [3.05, 3.63) is 95.1 Å². The lowest BCUT2D eigenvalue weighted by molar-refractivity contribution is -0.165. The first kappa shape index (κ1) is 19.6. The smallest absolute Gasteiger partial charge is 0.321 e.